The monoisotopic (exact) mass is 409 g/mol. The molecule has 1 aliphatic heterocycles. The van der Waals surface area contributed by atoms with Gasteiger partial charge in [0.15, 0.2) is 9.84 Å². The summed E-state index contributed by atoms with van der Waals surface area (Å²) in [5.41, 5.74) is 0.562. The van der Waals surface area contributed by atoms with Crippen molar-refractivity contribution in [3.63, 3.8) is 0 Å². The molecule has 1 aromatic heterocycles. The van der Waals surface area contributed by atoms with Crippen molar-refractivity contribution in [3.8, 4) is 5.75 Å². The van der Waals surface area contributed by atoms with E-state index in [0.717, 1.165) is 11.2 Å². The summed E-state index contributed by atoms with van der Waals surface area (Å²) in [5.74, 6) is 0.917. The third kappa shape index (κ3) is 5.87. The van der Waals surface area contributed by atoms with Crippen LogP contribution in [-0.4, -0.2) is 61.5 Å². The van der Waals surface area contributed by atoms with Crippen LogP contribution in [0.1, 0.15) is 21.7 Å². The fraction of sp³-hybridized carbons (Fsp3) is 0.421. The first-order valence-corrected chi connectivity index (χ1v) is 11.5. The molecule has 2 unspecified atom stereocenters. The molecule has 0 amide bonds. The summed E-state index contributed by atoms with van der Waals surface area (Å²) < 4.78 is 29.3. The van der Waals surface area contributed by atoms with Crippen molar-refractivity contribution in [3.05, 3.63) is 52.2 Å². The minimum atomic E-state index is -3.00. The summed E-state index contributed by atoms with van der Waals surface area (Å²) >= 11 is 1.62. The molecule has 1 saturated heterocycles. The second-order valence-electron chi connectivity index (χ2n) is 6.72. The van der Waals surface area contributed by atoms with Crippen LogP contribution < -0.4 is 4.74 Å². The number of rotatable bonds is 9. The van der Waals surface area contributed by atoms with Crippen molar-refractivity contribution >= 4 is 27.5 Å². The Morgan fingerprint density at radius 1 is 1.30 bits per heavy atom. The average Bonchev–Trinajstić information content (AvgIpc) is 3.29. The molecular weight excluding hydrogens is 386 g/mol. The molecule has 2 atom stereocenters. The molecule has 1 aromatic carbocycles. The van der Waals surface area contributed by atoms with Gasteiger partial charge in [-0.1, -0.05) is 6.07 Å². The van der Waals surface area contributed by atoms with Crippen LogP contribution in [0.4, 0.5) is 0 Å². The Labute approximate surface area is 163 Å². The predicted octanol–water partition coefficient (Wildman–Crippen LogP) is 1.99. The molecule has 0 saturated carbocycles. The Balaban J connectivity index is 1.59. The fourth-order valence-electron chi connectivity index (χ4n) is 3.17. The molecular formula is C19H23NO5S2. The van der Waals surface area contributed by atoms with Gasteiger partial charge in [-0.05, 0) is 42.1 Å². The van der Waals surface area contributed by atoms with Gasteiger partial charge in [0.2, 0.25) is 0 Å². The minimum Gasteiger partial charge on any atom is -0.491 e. The molecule has 1 aliphatic rings. The first-order valence-electron chi connectivity index (χ1n) is 8.78. The molecule has 2 heterocycles. The molecule has 3 rings (SSSR count). The Morgan fingerprint density at radius 2 is 2.07 bits per heavy atom. The normalized spacial score (nSPS) is 19.9. The molecule has 27 heavy (non-hydrogen) atoms. The number of carbonyl (C=O) groups is 1. The molecule has 8 heteroatoms. The summed E-state index contributed by atoms with van der Waals surface area (Å²) in [6.45, 7) is 1.05. The maximum Gasteiger partial charge on any atom is 0.151 e. The van der Waals surface area contributed by atoms with Crippen molar-refractivity contribution in [1.82, 2.24) is 4.90 Å². The van der Waals surface area contributed by atoms with E-state index in [-0.39, 0.29) is 24.2 Å². The SMILES string of the molecule is O=Cc1ccc(OCC(O)CN(Cc2cccs2)C2CCS(=O)(=O)C2)cc1. The van der Waals surface area contributed by atoms with Gasteiger partial charge in [0.25, 0.3) is 0 Å². The molecule has 0 spiro atoms. The van der Waals surface area contributed by atoms with Crippen LogP contribution in [-0.2, 0) is 16.4 Å². The Kier molecular flexibility index (Phi) is 6.64. The molecule has 1 N–H and O–H groups in total. The first kappa shape index (κ1) is 20.0. The lowest BCUT2D eigenvalue weighted by Crippen LogP contribution is -2.42. The van der Waals surface area contributed by atoms with E-state index in [9.17, 15) is 18.3 Å². The zero-order valence-electron chi connectivity index (χ0n) is 14.9. The van der Waals surface area contributed by atoms with E-state index in [1.54, 1.807) is 35.6 Å². The number of hydrogen-bond acceptors (Lipinski definition) is 7. The Morgan fingerprint density at radius 3 is 2.67 bits per heavy atom. The van der Waals surface area contributed by atoms with E-state index in [1.807, 2.05) is 22.4 Å². The fourth-order valence-corrected chi connectivity index (χ4v) is 5.66. The summed E-state index contributed by atoms with van der Waals surface area (Å²) in [5, 5.41) is 12.4. The van der Waals surface area contributed by atoms with Gasteiger partial charge >= 0.3 is 0 Å². The number of thiophene rings is 1. The summed E-state index contributed by atoms with van der Waals surface area (Å²) in [7, 11) is -3.00. The van der Waals surface area contributed by atoms with E-state index in [4.69, 9.17) is 4.74 Å². The van der Waals surface area contributed by atoms with Crippen LogP contribution >= 0.6 is 11.3 Å². The van der Waals surface area contributed by atoms with E-state index in [0.29, 0.717) is 30.8 Å². The van der Waals surface area contributed by atoms with Gasteiger partial charge < -0.3 is 9.84 Å². The van der Waals surface area contributed by atoms with Gasteiger partial charge in [0, 0.05) is 29.6 Å². The van der Waals surface area contributed by atoms with Crippen LogP contribution in [0.2, 0.25) is 0 Å². The topological polar surface area (TPSA) is 83.9 Å². The third-order valence-corrected chi connectivity index (χ3v) is 7.18. The lowest BCUT2D eigenvalue weighted by molar-refractivity contribution is 0.0529. The highest BCUT2D eigenvalue weighted by Gasteiger charge is 2.33. The highest BCUT2D eigenvalue weighted by atomic mass is 32.2. The number of benzene rings is 1. The summed E-state index contributed by atoms with van der Waals surface area (Å²) in [6, 6.07) is 10.6. The third-order valence-electron chi connectivity index (χ3n) is 4.57. The van der Waals surface area contributed by atoms with E-state index in [1.165, 1.54) is 0 Å². The second-order valence-corrected chi connectivity index (χ2v) is 9.98. The highest BCUT2D eigenvalue weighted by Crippen LogP contribution is 2.22. The van der Waals surface area contributed by atoms with Crippen molar-refractivity contribution in [1.29, 1.82) is 0 Å². The maximum atomic E-state index is 11.9. The molecule has 0 radical (unpaired) electrons. The predicted molar refractivity (Wildman–Crippen MR) is 105 cm³/mol. The first-order chi connectivity index (χ1) is 12.9. The van der Waals surface area contributed by atoms with Crippen LogP contribution in [0.3, 0.4) is 0 Å². The smallest absolute Gasteiger partial charge is 0.151 e. The number of aliphatic hydroxyl groups is 1. The molecule has 146 valence electrons. The van der Waals surface area contributed by atoms with Crippen LogP contribution in [0.5, 0.6) is 5.75 Å². The minimum absolute atomic E-state index is 0.0846. The number of hydrogen-bond donors (Lipinski definition) is 1. The van der Waals surface area contributed by atoms with E-state index in [2.05, 4.69) is 0 Å². The second kappa shape index (κ2) is 8.97. The van der Waals surface area contributed by atoms with Crippen molar-refractivity contribution in [2.75, 3.05) is 24.7 Å². The zero-order chi connectivity index (χ0) is 19.3. The molecule has 2 aromatic rings. The van der Waals surface area contributed by atoms with Gasteiger partial charge in [-0.25, -0.2) is 8.42 Å². The molecule has 1 fully saturated rings. The Hall–Kier alpha value is -1.74. The lowest BCUT2D eigenvalue weighted by atomic mass is 10.2. The van der Waals surface area contributed by atoms with Gasteiger partial charge in [0.1, 0.15) is 24.7 Å². The summed E-state index contributed by atoms with van der Waals surface area (Å²) in [6.07, 6.45) is 0.601. The van der Waals surface area contributed by atoms with E-state index < -0.39 is 15.9 Å². The van der Waals surface area contributed by atoms with Gasteiger partial charge in [-0.2, -0.15) is 0 Å². The molecule has 6 nitrogen and oxygen atoms in total. The van der Waals surface area contributed by atoms with Gasteiger partial charge in [0.05, 0.1) is 11.5 Å². The van der Waals surface area contributed by atoms with Crippen molar-refractivity contribution < 1.29 is 23.1 Å². The van der Waals surface area contributed by atoms with Crippen LogP contribution in [0.25, 0.3) is 0 Å². The van der Waals surface area contributed by atoms with Gasteiger partial charge in [-0.3, -0.25) is 9.69 Å². The highest BCUT2D eigenvalue weighted by molar-refractivity contribution is 7.91. The number of sulfone groups is 1. The largest absolute Gasteiger partial charge is 0.491 e. The average molecular weight is 410 g/mol. The standard InChI is InChI=1S/C19H23NO5S2/c21-12-15-3-5-18(6-4-15)25-13-17(22)10-20(11-19-2-1-8-26-19)16-7-9-27(23,24)14-16/h1-6,8,12,16-17,22H,7,9-11,13-14H2. The maximum absolute atomic E-state index is 11.9. The zero-order valence-corrected chi connectivity index (χ0v) is 16.5. The van der Waals surface area contributed by atoms with Crippen molar-refractivity contribution in [2.24, 2.45) is 0 Å². The quantitative estimate of drug-likeness (QED) is 0.638. The molecule has 0 aliphatic carbocycles. The van der Waals surface area contributed by atoms with Gasteiger partial charge in [-0.15, -0.1) is 11.3 Å². The van der Waals surface area contributed by atoms with Crippen LogP contribution in [0, 0.1) is 0 Å². The lowest BCUT2D eigenvalue weighted by Gasteiger charge is -2.29. The number of carbonyl (C=O) groups excluding carboxylic acids is 1. The number of nitrogens with zero attached hydrogens (tertiary/aromatic N) is 1. The number of aliphatic hydroxyl groups excluding tert-OH is 1. The van der Waals surface area contributed by atoms with Crippen LogP contribution in [0.15, 0.2) is 41.8 Å². The van der Waals surface area contributed by atoms with E-state index >= 15 is 0 Å². The summed E-state index contributed by atoms with van der Waals surface area (Å²) in [4.78, 5) is 13.9. The molecule has 0 bridgehead atoms. The van der Waals surface area contributed by atoms with Crippen molar-refractivity contribution in [2.45, 2.75) is 25.1 Å². The number of ether oxygens (including phenoxy) is 1. The Bertz CT molecular complexity index is 833. The number of aldehydes is 1.